The van der Waals surface area contributed by atoms with Crippen molar-refractivity contribution >= 4 is 55.8 Å². The molecule has 1 fully saturated rings. The van der Waals surface area contributed by atoms with Gasteiger partial charge < -0.3 is 4.57 Å². The van der Waals surface area contributed by atoms with E-state index in [9.17, 15) is 9.59 Å². The topological polar surface area (TPSA) is 42.3 Å². The zero-order chi connectivity index (χ0) is 22.1. The van der Waals surface area contributed by atoms with Gasteiger partial charge >= 0.3 is 0 Å². The van der Waals surface area contributed by atoms with Gasteiger partial charge in [0.1, 0.15) is 0 Å². The number of hydrogen-bond acceptors (Lipinski definition) is 3. The van der Waals surface area contributed by atoms with E-state index in [4.69, 9.17) is 0 Å². The van der Waals surface area contributed by atoms with E-state index in [-0.39, 0.29) is 17.7 Å². The van der Waals surface area contributed by atoms with Gasteiger partial charge in [0.15, 0.2) is 0 Å². The fourth-order valence-corrected chi connectivity index (χ4v) is 5.06. The van der Waals surface area contributed by atoms with Crippen LogP contribution in [0.4, 0.5) is 4.79 Å². The first kappa shape index (κ1) is 20.8. The molecule has 4 nitrogen and oxygen atoms in total. The maximum absolute atomic E-state index is 13.0. The lowest BCUT2D eigenvalue weighted by molar-refractivity contribution is -0.123. The van der Waals surface area contributed by atoms with E-state index >= 15 is 0 Å². The average Bonchev–Trinajstić information content (AvgIpc) is 3.26. The summed E-state index contributed by atoms with van der Waals surface area (Å²) >= 11 is 4.56. The molecule has 0 atom stereocenters. The fraction of sp³-hybridized carbons (Fsp3) is 0.0769. The molecule has 0 bridgehead atoms. The maximum Gasteiger partial charge on any atom is 0.293 e. The first-order chi connectivity index (χ1) is 15.6. The van der Waals surface area contributed by atoms with Crippen LogP contribution in [0.2, 0.25) is 0 Å². The average molecular weight is 503 g/mol. The molecule has 32 heavy (non-hydrogen) atoms. The summed E-state index contributed by atoms with van der Waals surface area (Å²) in [4.78, 5) is 27.4. The Hall–Kier alpha value is -3.09. The molecule has 1 aliphatic rings. The Morgan fingerprint density at radius 2 is 1.50 bits per heavy atom. The molecule has 6 heteroatoms. The largest absolute Gasteiger partial charge is 0.342 e. The van der Waals surface area contributed by atoms with Gasteiger partial charge in [-0.15, -0.1) is 0 Å². The van der Waals surface area contributed by atoms with E-state index in [1.165, 1.54) is 10.5 Å². The van der Waals surface area contributed by atoms with Crippen molar-refractivity contribution in [2.24, 2.45) is 0 Å². The monoisotopic (exact) mass is 502 g/mol. The number of thioether (sulfide) groups is 1. The summed E-state index contributed by atoms with van der Waals surface area (Å²) in [6.07, 6.45) is 3.89. The number of carbonyl (C=O) groups excluding carboxylic acids is 2. The predicted octanol–water partition coefficient (Wildman–Crippen LogP) is 6.69. The molecule has 0 radical (unpaired) electrons. The summed E-state index contributed by atoms with van der Waals surface area (Å²) in [7, 11) is 0. The molecule has 0 unspecified atom stereocenters. The first-order valence-electron chi connectivity index (χ1n) is 10.2. The summed E-state index contributed by atoms with van der Waals surface area (Å²) in [6, 6.07) is 26.0. The van der Waals surface area contributed by atoms with E-state index in [1.54, 1.807) is 0 Å². The van der Waals surface area contributed by atoms with Crippen LogP contribution < -0.4 is 0 Å². The van der Waals surface area contributed by atoms with Crippen LogP contribution in [0, 0.1) is 0 Å². The van der Waals surface area contributed by atoms with Gasteiger partial charge in [-0.25, -0.2) is 0 Å². The van der Waals surface area contributed by atoms with Crippen molar-refractivity contribution in [2.75, 3.05) is 0 Å². The molecule has 0 saturated carbocycles. The minimum atomic E-state index is -0.247. The molecule has 1 aromatic heterocycles. The van der Waals surface area contributed by atoms with Crippen molar-refractivity contribution in [2.45, 2.75) is 13.1 Å². The van der Waals surface area contributed by atoms with Crippen LogP contribution in [0.15, 0.2) is 94.4 Å². The number of amides is 2. The number of fused-ring (bicyclic) bond motifs is 1. The zero-order valence-electron chi connectivity index (χ0n) is 17.1. The molecule has 0 N–H and O–H groups in total. The first-order valence-corrected chi connectivity index (χ1v) is 11.8. The number of rotatable bonds is 5. The molecule has 0 spiro atoms. The van der Waals surface area contributed by atoms with Crippen molar-refractivity contribution in [1.29, 1.82) is 0 Å². The van der Waals surface area contributed by atoms with Gasteiger partial charge in [0.2, 0.25) is 0 Å². The number of carbonyl (C=O) groups is 2. The van der Waals surface area contributed by atoms with Crippen LogP contribution >= 0.6 is 27.7 Å². The zero-order valence-corrected chi connectivity index (χ0v) is 19.5. The highest BCUT2D eigenvalue weighted by molar-refractivity contribution is 9.10. The second kappa shape index (κ2) is 8.81. The van der Waals surface area contributed by atoms with E-state index < -0.39 is 0 Å². The highest BCUT2D eigenvalue weighted by Gasteiger charge is 2.35. The van der Waals surface area contributed by atoms with Gasteiger partial charge in [0.25, 0.3) is 11.1 Å². The minimum absolute atomic E-state index is 0.237. The smallest absolute Gasteiger partial charge is 0.293 e. The van der Waals surface area contributed by atoms with Crippen molar-refractivity contribution in [1.82, 2.24) is 9.47 Å². The van der Waals surface area contributed by atoms with E-state index in [1.807, 2.05) is 60.7 Å². The lowest BCUT2D eigenvalue weighted by atomic mass is 10.1. The van der Waals surface area contributed by atoms with Crippen LogP contribution in [0.1, 0.15) is 16.7 Å². The molecule has 2 amide bonds. The van der Waals surface area contributed by atoms with Gasteiger partial charge in [-0.05, 0) is 47.2 Å². The molecule has 2 heterocycles. The minimum Gasteiger partial charge on any atom is -0.342 e. The number of aromatic nitrogens is 1. The summed E-state index contributed by atoms with van der Waals surface area (Å²) < 4.78 is 3.14. The van der Waals surface area contributed by atoms with Crippen molar-refractivity contribution in [3.05, 3.63) is 111 Å². The van der Waals surface area contributed by atoms with Gasteiger partial charge in [-0.3, -0.25) is 14.5 Å². The number of halogens is 1. The van der Waals surface area contributed by atoms with Gasteiger partial charge in [-0.1, -0.05) is 76.6 Å². The number of hydrogen-bond donors (Lipinski definition) is 0. The molecule has 0 aliphatic carbocycles. The quantitative estimate of drug-likeness (QED) is 0.285. The molecule has 1 saturated heterocycles. The van der Waals surface area contributed by atoms with Crippen LogP contribution in [0.5, 0.6) is 0 Å². The SMILES string of the molecule is O=C1S/C(=C\c2cn(Cc3ccccc3)c3ccc(Br)cc23)C(=O)N1Cc1ccccc1. The van der Waals surface area contributed by atoms with Crippen molar-refractivity contribution < 1.29 is 9.59 Å². The van der Waals surface area contributed by atoms with Gasteiger partial charge in [0.05, 0.1) is 11.4 Å². The summed E-state index contributed by atoms with van der Waals surface area (Å²) in [5.74, 6) is -0.247. The van der Waals surface area contributed by atoms with Crippen molar-refractivity contribution in [3.8, 4) is 0 Å². The highest BCUT2D eigenvalue weighted by Crippen LogP contribution is 2.35. The van der Waals surface area contributed by atoms with Crippen LogP contribution in [0.3, 0.4) is 0 Å². The Morgan fingerprint density at radius 1 is 0.844 bits per heavy atom. The number of nitrogens with zero attached hydrogens (tertiary/aromatic N) is 2. The van der Waals surface area contributed by atoms with Gasteiger partial charge in [-0.2, -0.15) is 0 Å². The predicted molar refractivity (Wildman–Crippen MR) is 133 cm³/mol. The van der Waals surface area contributed by atoms with Crippen LogP contribution in [-0.4, -0.2) is 20.6 Å². The normalized spacial score (nSPS) is 15.3. The molecule has 1 aliphatic heterocycles. The molecule has 5 rings (SSSR count). The second-order valence-corrected chi connectivity index (χ2v) is 9.52. The second-order valence-electron chi connectivity index (χ2n) is 7.61. The third kappa shape index (κ3) is 4.16. The number of benzene rings is 3. The third-order valence-electron chi connectivity index (χ3n) is 5.41. The van der Waals surface area contributed by atoms with E-state index in [0.29, 0.717) is 4.91 Å². The standard InChI is InChI=1S/C26H19BrN2O2S/c27-21-11-12-23-22(14-21)20(17-28(23)15-18-7-3-1-4-8-18)13-24-25(30)29(26(31)32-24)16-19-9-5-2-6-10-19/h1-14,17H,15-16H2/b24-13-. The lowest BCUT2D eigenvalue weighted by Gasteiger charge is -2.12. The number of imide groups is 1. The van der Waals surface area contributed by atoms with E-state index in [0.717, 1.165) is 44.8 Å². The third-order valence-corrected chi connectivity index (χ3v) is 6.81. The van der Waals surface area contributed by atoms with Gasteiger partial charge in [0, 0.05) is 33.7 Å². The molecule has 158 valence electrons. The Labute approximate surface area is 198 Å². The fourth-order valence-electron chi connectivity index (χ4n) is 3.87. The van der Waals surface area contributed by atoms with E-state index in [2.05, 4.69) is 51.0 Å². The summed E-state index contributed by atoms with van der Waals surface area (Å²) in [6.45, 7) is 1.01. The molecular formula is C26H19BrN2O2S. The summed E-state index contributed by atoms with van der Waals surface area (Å²) in [5.41, 5.74) is 4.12. The maximum atomic E-state index is 13.0. The Bertz CT molecular complexity index is 1350. The van der Waals surface area contributed by atoms with Crippen LogP contribution in [0.25, 0.3) is 17.0 Å². The summed E-state index contributed by atoms with van der Waals surface area (Å²) in [5, 5.41) is 0.796. The molecule has 4 aromatic rings. The van der Waals surface area contributed by atoms with Crippen LogP contribution in [-0.2, 0) is 17.9 Å². The molecular weight excluding hydrogens is 484 g/mol. The molecule has 3 aromatic carbocycles. The highest BCUT2D eigenvalue weighted by atomic mass is 79.9. The Balaban J connectivity index is 1.50. The van der Waals surface area contributed by atoms with Crippen molar-refractivity contribution in [3.63, 3.8) is 0 Å². The Kier molecular flexibility index (Phi) is 5.72. The lowest BCUT2D eigenvalue weighted by Crippen LogP contribution is -2.27. The Morgan fingerprint density at radius 3 is 2.19 bits per heavy atom.